The van der Waals surface area contributed by atoms with Crippen LogP contribution in [0.4, 0.5) is 5.69 Å². The van der Waals surface area contributed by atoms with Crippen molar-refractivity contribution >= 4 is 15.7 Å². The Hall–Kier alpha value is -3.06. The molecule has 1 heterocycles. The summed E-state index contributed by atoms with van der Waals surface area (Å²) in [5.41, 5.74) is 2.10. The van der Waals surface area contributed by atoms with Crippen LogP contribution in [0.2, 0.25) is 0 Å². The van der Waals surface area contributed by atoms with Gasteiger partial charge in [0.05, 0.1) is 16.1 Å². The van der Waals surface area contributed by atoms with E-state index in [0.717, 1.165) is 62.5 Å². The van der Waals surface area contributed by atoms with Gasteiger partial charge in [-0.2, -0.15) is 0 Å². The molecular weight excluding hydrogens is 498 g/mol. The van der Waals surface area contributed by atoms with Crippen LogP contribution in [-0.2, 0) is 22.9 Å². The third kappa shape index (κ3) is 5.00. The maximum atomic E-state index is 13.7. The first-order valence-corrected chi connectivity index (χ1v) is 15.4. The standard InChI is InChI=1S/C31H35NO5S/c33-30-26-13-6-1-2-7-14-27(26)37-31(34)29(30)28(22-17-18-22)23-9-8-10-24(19-23)32(20-21-15-16-21)38(35,36)25-11-4-3-5-12-25/h3-5,8-12,19,21-22,28,33H,1-2,6-7,13-18,20H2. The maximum Gasteiger partial charge on any atom is 0.343 e. The van der Waals surface area contributed by atoms with E-state index in [1.165, 1.54) is 4.31 Å². The van der Waals surface area contributed by atoms with Gasteiger partial charge in [-0.25, -0.2) is 13.2 Å². The minimum atomic E-state index is -3.75. The molecule has 3 aliphatic rings. The van der Waals surface area contributed by atoms with E-state index >= 15 is 0 Å². The lowest BCUT2D eigenvalue weighted by Crippen LogP contribution is -2.33. The van der Waals surface area contributed by atoms with Crippen LogP contribution in [0.5, 0.6) is 5.75 Å². The first kappa shape index (κ1) is 25.2. The Labute approximate surface area is 224 Å². The van der Waals surface area contributed by atoms with Crippen molar-refractivity contribution in [2.75, 3.05) is 10.8 Å². The molecule has 6 nitrogen and oxygen atoms in total. The number of anilines is 1. The molecule has 1 atom stereocenters. The molecule has 0 saturated heterocycles. The fraction of sp³-hybridized carbons (Fsp3) is 0.452. The van der Waals surface area contributed by atoms with Gasteiger partial charge in [0.25, 0.3) is 10.0 Å². The third-order valence-corrected chi connectivity index (χ3v) is 10.1. The second kappa shape index (κ2) is 10.3. The predicted octanol–water partition coefficient (Wildman–Crippen LogP) is 6.15. The molecule has 1 aromatic heterocycles. The van der Waals surface area contributed by atoms with Gasteiger partial charge >= 0.3 is 5.63 Å². The van der Waals surface area contributed by atoms with Crippen LogP contribution in [0.3, 0.4) is 0 Å². The van der Waals surface area contributed by atoms with Crippen molar-refractivity contribution in [2.24, 2.45) is 11.8 Å². The summed E-state index contributed by atoms with van der Waals surface area (Å²) >= 11 is 0. The highest BCUT2D eigenvalue weighted by Gasteiger charge is 2.39. The van der Waals surface area contributed by atoms with Crippen LogP contribution in [0.1, 0.15) is 79.7 Å². The Morgan fingerprint density at radius 1 is 0.921 bits per heavy atom. The highest BCUT2D eigenvalue weighted by Crippen LogP contribution is 2.49. The summed E-state index contributed by atoms with van der Waals surface area (Å²) in [5.74, 6) is 0.953. The van der Waals surface area contributed by atoms with Crippen molar-refractivity contribution in [1.82, 2.24) is 0 Å². The molecule has 0 bridgehead atoms. The number of sulfonamides is 1. The van der Waals surface area contributed by atoms with Gasteiger partial charge in [0, 0.05) is 24.4 Å². The summed E-state index contributed by atoms with van der Waals surface area (Å²) in [7, 11) is -3.75. The number of benzene rings is 2. The van der Waals surface area contributed by atoms with Gasteiger partial charge in [0.15, 0.2) is 0 Å². The molecule has 200 valence electrons. The molecular formula is C31H35NO5S. The predicted molar refractivity (Wildman–Crippen MR) is 147 cm³/mol. The summed E-state index contributed by atoms with van der Waals surface area (Å²) in [6.07, 6.45) is 9.47. The fourth-order valence-corrected chi connectivity index (χ4v) is 7.42. The molecule has 0 aliphatic heterocycles. The van der Waals surface area contributed by atoms with E-state index in [9.17, 15) is 18.3 Å². The molecule has 38 heavy (non-hydrogen) atoms. The minimum Gasteiger partial charge on any atom is -0.507 e. The summed E-state index contributed by atoms with van der Waals surface area (Å²) in [6.45, 7) is 0.432. The van der Waals surface area contributed by atoms with Gasteiger partial charge in [-0.15, -0.1) is 0 Å². The van der Waals surface area contributed by atoms with Gasteiger partial charge in [0.1, 0.15) is 11.5 Å². The van der Waals surface area contributed by atoms with Gasteiger partial charge in [0.2, 0.25) is 0 Å². The Kier molecular flexibility index (Phi) is 6.81. The average Bonchev–Trinajstić information content (AvgIpc) is 3.82. The van der Waals surface area contributed by atoms with Crippen molar-refractivity contribution < 1.29 is 17.9 Å². The number of fused-ring (bicyclic) bond motifs is 1. The lowest BCUT2D eigenvalue weighted by molar-refractivity contribution is 0.382. The molecule has 7 heteroatoms. The molecule has 3 aliphatic carbocycles. The summed E-state index contributed by atoms with van der Waals surface area (Å²) in [4.78, 5) is 13.6. The number of hydrogen-bond donors (Lipinski definition) is 1. The largest absolute Gasteiger partial charge is 0.507 e. The summed E-state index contributed by atoms with van der Waals surface area (Å²) in [6, 6.07) is 16.1. The Morgan fingerprint density at radius 2 is 1.66 bits per heavy atom. The van der Waals surface area contributed by atoms with E-state index in [4.69, 9.17) is 4.42 Å². The van der Waals surface area contributed by atoms with E-state index in [0.29, 0.717) is 42.3 Å². The van der Waals surface area contributed by atoms with Crippen molar-refractivity contribution in [3.05, 3.63) is 87.5 Å². The number of aromatic hydroxyl groups is 1. The molecule has 1 N–H and O–H groups in total. The second-order valence-electron chi connectivity index (χ2n) is 11.2. The molecule has 2 aromatic carbocycles. The van der Waals surface area contributed by atoms with Crippen molar-refractivity contribution in [2.45, 2.75) is 75.0 Å². The molecule has 2 saturated carbocycles. The summed E-state index contributed by atoms with van der Waals surface area (Å²) in [5, 5.41) is 11.5. The minimum absolute atomic E-state index is 0.0900. The van der Waals surface area contributed by atoms with Crippen LogP contribution in [-0.4, -0.2) is 20.1 Å². The van der Waals surface area contributed by atoms with Crippen molar-refractivity contribution in [3.63, 3.8) is 0 Å². The van der Waals surface area contributed by atoms with Gasteiger partial charge < -0.3 is 9.52 Å². The monoisotopic (exact) mass is 533 g/mol. The molecule has 3 aromatic rings. The summed E-state index contributed by atoms with van der Waals surface area (Å²) < 4.78 is 34.9. The zero-order valence-electron chi connectivity index (χ0n) is 21.6. The molecule has 0 amide bonds. The van der Waals surface area contributed by atoms with Crippen molar-refractivity contribution in [3.8, 4) is 5.75 Å². The number of rotatable bonds is 8. The normalized spacial score (nSPS) is 18.7. The number of nitrogens with zero attached hydrogens (tertiary/aromatic N) is 1. The fourth-order valence-electron chi connectivity index (χ4n) is 5.87. The van der Waals surface area contributed by atoms with Crippen LogP contribution in [0, 0.1) is 11.8 Å². The number of aryl methyl sites for hydroxylation is 1. The van der Waals surface area contributed by atoms with E-state index in [1.807, 2.05) is 30.3 Å². The Balaban J connectivity index is 1.43. The van der Waals surface area contributed by atoms with Crippen LogP contribution in [0.25, 0.3) is 0 Å². The highest BCUT2D eigenvalue weighted by molar-refractivity contribution is 7.92. The first-order valence-electron chi connectivity index (χ1n) is 14.0. The van der Waals surface area contributed by atoms with E-state index in [-0.39, 0.29) is 22.5 Å². The quantitative estimate of drug-likeness (QED) is 0.375. The SMILES string of the molecule is O=c1oc2c(c(O)c1C(c1cccc(N(CC3CC3)S(=O)(=O)c3ccccc3)c1)C1CC1)CCCCCC2. The zero-order valence-corrected chi connectivity index (χ0v) is 22.5. The molecule has 0 radical (unpaired) electrons. The molecule has 0 spiro atoms. The number of hydrogen-bond acceptors (Lipinski definition) is 5. The average molecular weight is 534 g/mol. The highest BCUT2D eigenvalue weighted by atomic mass is 32.2. The molecule has 2 fully saturated rings. The molecule has 1 unspecified atom stereocenters. The Bertz CT molecular complexity index is 1470. The smallest absolute Gasteiger partial charge is 0.343 e. The van der Waals surface area contributed by atoms with E-state index in [1.54, 1.807) is 24.3 Å². The third-order valence-electron chi connectivity index (χ3n) is 8.27. The van der Waals surface area contributed by atoms with Gasteiger partial charge in [-0.1, -0.05) is 43.2 Å². The maximum absolute atomic E-state index is 13.7. The van der Waals surface area contributed by atoms with Gasteiger partial charge in [-0.05, 0) is 86.6 Å². The first-order chi connectivity index (χ1) is 18.4. The molecule has 6 rings (SSSR count). The lowest BCUT2D eigenvalue weighted by atomic mass is 9.85. The zero-order chi connectivity index (χ0) is 26.3. The van der Waals surface area contributed by atoms with E-state index < -0.39 is 15.6 Å². The van der Waals surface area contributed by atoms with Crippen molar-refractivity contribution in [1.29, 1.82) is 0 Å². The van der Waals surface area contributed by atoms with E-state index in [2.05, 4.69) is 0 Å². The van der Waals surface area contributed by atoms with Crippen LogP contribution < -0.4 is 9.93 Å². The lowest BCUT2D eigenvalue weighted by Gasteiger charge is -2.26. The van der Waals surface area contributed by atoms with Gasteiger partial charge in [-0.3, -0.25) is 4.31 Å². The topological polar surface area (TPSA) is 87.8 Å². The van der Waals surface area contributed by atoms with Crippen LogP contribution >= 0.6 is 0 Å². The van der Waals surface area contributed by atoms with Crippen LogP contribution in [0.15, 0.2) is 68.7 Å². The Morgan fingerprint density at radius 3 is 2.37 bits per heavy atom. The second-order valence-corrected chi connectivity index (χ2v) is 13.0.